The summed E-state index contributed by atoms with van der Waals surface area (Å²) in [6, 6.07) is 0. The predicted octanol–water partition coefficient (Wildman–Crippen LogP) is 0.561. The Labute approximate surface area is 86.7 Å². The third-order valence-electron chi connectivity index (χ3n) is 1.77. The zero-order chi connectivity index (χ0) is 11.3. The average molecular weight is 209 g/mol. The van der Waals surface area contributed by atoms with E-state index in [1.165, 1.54) is 18.5 Å². The molecular formula is C10H11NO4. The van der Waals surface area contributed by atoms with Gasteiger partial charge >= 0.3 is 11.9 Å². The average Bonchev–Trinajstić information content (AvgIpc) is 2.26. The van der Waals surface area contributed by atoms with Gasteiger partial charge in [0.1, 0.15) is 6.61 Å². The van der Waals surface area contributed by atoms with Crippen LogP contribution in [-0.4, -0.2) is 23.7 Å². The fourth-order valence-corrected chi connectivity index (χ4v) is 1.05. The standard InChI is InChI=1S/C10H11NO4/c1-2-3-15-10(14)8-4-7(9(12)13)5-11-6-8/h2,5-6,11H,1,3-4H2,(H,12,13). The number of ether oxygens (including phenoxy) is 1. The van der Waals surface area contributed by atoms with Crippen LogP contribution in [0, 0.1) is 0 Å². The molecule has 0 aromatic rings. The number of hydrogen-bond acceptors (Lipinski definition) is 4. The Bertz CT molecular complexity index is 354. The molecule has 0 bridgehead atoms. The van der Waals surface area contributed by atoms with Gasteiger partial charge in [-0.25, -0.2) is 9.59 Å². The van der Waals surface area contributed by atoms with Crippen LogP contribution in [0.15, 0.2) is 36.2 Å². The largest absolute Gasteiger partial charge is 0.478 e. The summed E-state index contributed by atoms with van der Waals surface area (Å²) in [5.74, 6) is -1.58. The van der Waals surface area contributed by atoms with Gasteiger partial charge in [0.15, 0.2) is 0 Å². The Kier molecular flexibility index (Phi) is 3.68. The van der Waals surface area contributed by atoms with E-state index in [1.54, 1.807) is 0 Å². The number of carboxylic acid groups (broad SMARTS) is 1. The summed E-state index contributed by atoms with van der Waals surface area (Å²) in [6.45, 7) is 3.52. The predicted molar refractivity (Wildman–Crippen MR) is 52.7 cm³/mol. The molecule has 0 unspecified atom stereocenters. The first kappa shape index (κ1) is 11.0. The highest BCUT2D eigenvalue weighted by atomic mass is 16.5. The molecule has 0 radical (unpaired) electrons. The minimum Gasteiger partial charge on any atom is -0.478 e. The number of aliphatic carboxylic acids is 1. The lowest BCUT2D eigenvalue weighted by molar-refractivity contribution is -0.138. The number of carbonyl (C=O) groups is 2. The number of rotatable bonds is 4. The molecule has 1 rings (SSSR count). The van der Waals surface area contributed by atoms with Gasteiger partial charge in [-0.05, 0) is 0 Å². The zero-order valence-electron chi connectivity index (χ0n) is 8.03. The zero-order valence-corrected chi connectivity index (χ0v) is 8.03. The van der Waals surface area contributed by atoms with Gasteiger partial charge in [-0.15, -0.1) is 0 Å². The molecule has 15 heavy (non-hydrogen) atoms. The van der Waals surface area contributed by atoms with Crippen molar-refractivity contribution >= 4 is 11.9 Å². The number of carbonyl (C=O) groups excluding carboxylic acids is 1. The minimum atomic E-state index is -1.05. The molecule has 0 spiro atoms. The molecule has 5 heteroatoms. The van der Waals surface area contributed by atoms with Crippen LogP contribution in [0.4, 0.5) is 0 Å². The summed E-state index contributed by atoms with van der Waals surface area (Å²) < 4.78 is 4.77. The third-order valence-corrected chi connectivity index (χ3v) is 1.77. The van der Waals surface area contributed by atoms with Crippen molar-refractivity contribution in [2.75, 3.05) is 6.61 Å². The maximum absolute atomic E-state index is 11.3. The first-order valence-electron chi connectivity index (χ1n) is 4.30. The normalized spacial score (nSPS) is 14.4. The van der Waals surface area contributed by atoms with E-state index in [4.69, 9.17) is 9.84 Å². The van der Waals surface area contributed by atoms with Gasteiger partial charge in [-0.2, -0.15) is 0 Å². The van der Waals surface area contributed by atoms with Crippen LogP contribution in [0.2, 0.25) is 0 Å². The molecule has 0 fully saturated rings. The highest BCUT2D eigenvalue weighted by Crippen LogP contribution is 2.15. The molecule has 0 saturated carbocycles. The van der Waals surface area contributed by atoms with Gasteiger partial charge in [0.2, 0.25) is 0 Å². The molecule has 5 nitrogen and oxygen atoms in total. The maximum Gasteiger partial charge on any atom is 0.336 e. The molecule has 0 saturated heterocycles. The highest BCUT2D eigenvalue weighted by molar-refractivity contribution is 5.94. The van der Waals surface area contributed by atoms with Gasteiger partial charge in [0, 0.05) is 18.8 Å². The van der Waals surface area contributed by atoms with Crippen molar-refractivity contribution in [2.24, 2.45) is 0 Å². The Morgan fingerprint density at radius 2 is 2.20 bits per heavy atom. The van der Waals surface area contributed by atoms with Gasteiger partial charge in [-0.1, -0.05) is 12.7 Å². The van der Waals surface area contributed by atoms with Crippen molar-refractivity contribution in [1.82, 2.24) is 5.32 Å². The Morgan fingerprint density at radius 1 is 1.53 bits per heavy atom. The Balaban J connectivity index is 2.58. The van der Waals surface area contributed by atoms with Crippen molar-refractivity contribution in [2.45, 2.75) is 6.42 Å². The monoisotopic (exact) mass is 209 g/mol. The van der Waals surface area contributed by atoms with Gasteiger partial charge in [0.05, 0.1) is 11.1 Å². The summed E-state index contributed by atoms with van der Waals surface area (Å²) >= 11 is 0. The number of hydrogen-bond donors (Lipinski definition) is 2. The maximum atomic E-state index is 11.3. The third kappa shape index (κ3) is 2.98. The lowest BCUT2D eigenvalue weighted by Gasteiger charge is -2.11. The van der Waals surface area contributed by atoms with Crippen LogP contribution in [-0.2, 0) is 14.3 Å². The lowest BCUT2D eigenvalue weighted by atomic mass is 10.1. The smallest absolute Gasteiger partial charge is 0.336 e. The van der Waals surface area contributed by atoms with E-state index < -0.39 is 11.9 Å². The quantitative estimate of drug-likeness (QED) is 0.522. The second-order valence-electron chi connectivity index (χ2n) is 2.87. The van der Waals surface area contributed by atoms with E-state index in [0.29, 0.717) is 0 Å². The van der Waals surface area contributed by atoms with E-state index in [2.05, 4.69) is 11.9 Å². The number of esters is 1. The van der Waals surface area contributed by atoms with Crippen LogP contribution in [0.1, 0.15) is 6.42 Å². The minimum absolute atomic E-state index is 0.0678. The second-order valence-corrected chi connectivity index (χ2v) is 2.87. The number of dihydropyridines is 1. The molecule has 1 aliphatic rings. The molecule has 80 valence electrons. The highest BCUT2D eigenvalue weighted by Gasteiger charge is 2.19. The van der Waals surface area contributed by atoms with Crippen LogP contribution in [0.5, 0.6) is 0 Å². The summed E-state index contributed by atoms with van der Waals surface area (Å²) in [4.78, 5) is 22.0. The molecule has 0 atom stereocenters. The van der Waals surface area contributed by atoms with Crippen LogP contribution in [0.3, 0.4) is 0 Å². The van der Waals surface area contributed by atoms with E-state index in [9.17, 15) is 9.59 Å². The number of nitrogens with one attached hydrogen (secondary N) is 1. The van der Waals surface area contributed by atoms with Crippen LogP contribution >= 0.6 is 0 Å². The van der Waals surface area contributed by atoms with E-state index in [1.807, 2.05) is 0 Å². The van der Waals surface area contributed by atoms with Crippen molar-refractivity contribution in [3.05, 3.63) is 36.2 Å². The van der Waals surface area contributed by atoms with E-state index in [0.717, 1.165) is 0 Å². The summed E-state index contributed by atoms with van der Waals surface area (Å²) in [5, 5.41) is 11.3. The first-order valence-corrected chi connectivity index (χ1v) is 4.30. The lowest BCUT2D eigenvalue weighted by Crippen LogP contribution is -2.18. The van der Waals surface area contributed by atoms with Crippen molar-refractivity contribution in [1.29, 1.82) is 0 Å². The van der Waals surface area contributed by atoms with E-state index in [-0.39, 0.29) is 24.2 Å². The fourth-order valence-electron chi connectivity index (χ4n) is 1.05. The van der Waals surface area contributed by atoms with E-state index >= 15 is 0 Å². The van der Waals surface area contributed by atoms with Gasteiger partial charge in [-0.3, -0.25) is 0 Å². The van der Waals surface area contributed by atoms with Gasteiger partial charge < -0.3 is 15.2 Å². The van der Waals surface area contributed by atoms with Crippen molar-refractivity contribution in [3.8, 4) is 0 Å². The molecule has 1 heterocycles. The van der Waals surface area contributed by atoms with Gasteiger partial charge in [0.25, 0.3) is 0 Å². The molecule has 2 N–H and O–H groups in total. The molecule has 1 aliphatic heterocycles. The van der Waals surface area contributed by atoms with Crippen LogP contribution < -0.4 is 5.32 Å². The summed E-state index contributed by atoms with van der Waals surface area (Å²) in [6.07, 6.45) is 4.28. The number of carboxylic acids is 1. The second kappa shape index (κ2) is 4.99. The molecule has 0 aliphatic carbocycles. The molecule has 0 amide bonds. The van der Waals surface area contributed by atoms with Crippen molar-refractivity contribution in [3.63, 3.8) is 0 Å². The Hall–Kier alpha value is -2.04. The molecule has 0 aromatic carbocycles. The fraction of sp³-hybridized carbons (Fsp3) is 0.200. The SMILES string of the molecule is C=CCOC(=O)C1=CNC=C(C(=O)O)C1. The van der Waals surface area contributed by atoms with Crippen molar-refractivity contribution < 1.29 is 19.4 Å². The molecular weight excluding hydrogens is 198 g/mol. The Morgan fingerprint density at radius 3 is 2.80 bits per heavy atom. The molecule has 0 aromatic heterocycles. The van der Waals surface area contributed by atoms with Crippen LogP contribution in [0.25, 0.3) is 0 Å². The first-order chi connectivity index (χ1) is 7.15. The summed E-state index contributed by atoms with van der Waals surface area (Å²) in [7, 11) is 0. The summed E-state index contributed by atoms with van der Waals surface area (Å²) in [5.41, 5.74) is 0.416. The topological polar surface area (TPSA) is 75.6 Å².